The molecule has 0 unspecified atom stereocenters. The standard InChI is InChI=1S/C13H23N2O5PS/c1-6-18-21(17,19-7-2)10-8-9(14)11(22-10)15-12(16)20-13(3,4)5/h8H,6-7,14H2,1-5H3,(H,15,16). The number of nitrogens with one attached hydrogen (secondary N) is 1. The summed E-state index contributed by atoms with van der Waals surface area (Å²) < 4.78 is 28.7. The molecule has 0 saturated carbocycles. The van der Waals surface area contributed by atoms with Gasteiger partial charge in [0.2, 0.25) is 0 Å². The predicted octanol–water partition coefficient (Wildman–Crippen LogP) is 3.57. The third-order valence-corrected chi connectivity index (χ3v) is 5.91. The van der Waals surface area contributed by atoms with E-state index in [9.17, 15) is 9.36 Å². The topological polar surface area (TPSA) is 99.9 Å². The maximum Gasteiger partial charge on any atom is 0.412 e. The van der Waals surface area contributed by atoms with Crippen LogP contribution in [0.1, 0.15) is 34.6 Å². The van der Waals surface area contributed by atoms with Gasteiger partial charge in [-0.1, -0.05) is 0 Å². The normalized spacial score (nSPS) is 12.2. The molecule has 0 bridgehead atoms. The summed E-state index contributed by atoms with van der Waals surface area (Å²) in [7, 11) is -3.42. The van der Waals surface area contributed by atoms with Gasteiger partial charge in [0.05, 0.1) is 18.9 Å². The highest BCUT2D eigenvalue weighted by Crippen LogP contribution is 2.50. The highest BCUT2D eigenvalue weighted by Gasteiger charge is 2.30. The van der Waals surface area contributed by atoms with Crippen LogP contribution < -0.4 is 15.7 Å². The zero-order valence-corrected chi connectivity index (χ0v) is 15.2. The summed E-state index contributed by atoms with van der Waals surface area (Å²) in [4.78, 5) is 11.8. The molecule has 0 aliphatic heterocycles. The first-order chi connectivity index (χ1) is 10.1. The van der Waals surface area contributed by atoms with Crippen LogP contribution in [0, 0.1) is 0 Å². The number of carbonyl (C=O) groups excluding carboxylic acids is 1. The van der Waals surface area contributed by atoms with Crippen LogP contribution in [0.5, 0.6) is 0 Å². The molecular weight excluding hydrogens is 327 g/mol. The minimum atomic E-state index is -3.42. The number of amides is 1. The minimum absolute atomic E-state index is 0.240. The molecule has 1 rings (SSSR count). The fraction of sp³-hybridized carbons (Fsp3) is 0.615. The first kappa shape index (κ1) is 19.0. The summed E-state index contributed by atoms with van der Waals surface area (Å²) in [6.45, 7) is 9.20. The van der Waals surface area contributed by atoms with Gasteiger partial charge in [-0.25, -0.2) is 4.79 Å². The Morgan fingerprint density at radius 1 is 1.32 bits per heavy atom. The molecule has 1 aromatic rings. The van der Waals surface area contributed by atoms with E-state index in [1.54, 1.807) is 34.6 Å². The van der Waals surface area contributed by atoms with E-state index in [0.717, 1.165) is 11.3 Å². The molecule has 0 spiro atoms. The number of rotatable bonds is 6. The Kier molecular flexibility index (Phi) is 6.43. The number of thiophene rings is 1. The number of nitrogens with two attached hydrogens (primary N) is 1. The molecule has 0 aliphatic carbocycles. The molecule has 1 amide bonds. The number of anilines is 2. The Hall–Kier alpha value is -1.08. The van der Waals surface area contributed by atoms with Crippen molar-refractivity contribution in [3.05, 3.63) is 6.07 Å². The third kappa shape index (κ3) is 5.28. The van der Waals surface area contributed by atoms with Gasteiger partial charge >= 0.3 is 13.7 Å². The van der Waals surface area contributed by atoms with Crippen molar-refractivity contribution in [1.82, 2.24) is 0 Å². The van der Waals surface area contributed by atoms with Crippen molar-refractivity contribution < 1.29 is 23.1 Å². The maximum absolute atomic E-state index is 12.7. The van der Waals surface area contributed by atoms with Crippen LogP contribution >= 0.6 is 18.9 Å². The summed E-state index contributed by atoms with van der Waals surface area (Å²) in [6, 6.07) is 1.49. The summed E-state index contributed by atoms with van der Waals surface area (Å²) in [5.41, 5.74) is 5.51. The molecule has 0 aromatic carbocycles. The van der Waals surface area contributed by atoms with Crippen molar-refractivity contribution in [1.29, 1.82) is 0 Å². The lowest BCUT2D eigenvalue weighted by Gasteiger charge is -2.19. The van der Waals surface area contributed by atoms with Crippen molar-refractivity contribution in [2.45, 2.75) is 40.2 Å². The fourth-order valence-corrected chi connectivity index (χ4v) is 4.57. The average Bonchev–Trinajstić information content (AvgIpc) is 2.69. The summed E-state index contributed by atoms with van der Waals surface area (Å²) in [5, 5.41) is 2.89. The van der Waals surface area contributed by atoms with Crippen molar-refractivity contribution in [2.75, 3.05) is 24.3 Å². The van der Waals surface area contributed by atoms with Gasteiger partial charge in [-0.15, -0.1) is 11.3 Å². The van der Waals surface area contributed by atoms with E-state index in [-0.39, 0.29) is 18.9 Å². The Morgan fingerprint density at radius 2 is 1.86 bits per heavy atom. The first-order valence-electron chi connectivity index (χ1n) is 6.90. The highest BCUT2D eigenvalue weighted by molar-refractivity contribution is 7.69. The number of carbonyl (C=O) groups is 1. The molecule has 1 aromatic heterocycles. The van der Waals surface area contributed by atoms with Crippen LogP contribution in [0.2, 0.25) is 0 Å². The van der Waals surface area contributed by atoms with E-state index >= 15 is 0 Å². The predicted molar refractivity (Wildman–Crippen MR) is 89.1 cm³/mol. The van der Waals surface area contributed by atoms with Crippen LogP contribution in [0.4, 0.5) is 15.5 Å². The monoisotopic (exact) mass is 350 g/mol. The molecule has 0 fully saturated rings. The van der Waals surface area contributed by atoms with Crippen LogP contribution in [0.15, 0.2) is 6.07 Å². The van der Waals surface area contributed by atoms with Crippen molar-refractivity contribution >= 4 is 40.3 Å². The Balaban J connectivity index is 2.95. The zero-order chi connectivity index (χ0) is 17.0. The Bertz CT molecular complexity index is 557. The van der Waals surface area contributed by atoms with Crippen molar-refractivity contribution in [2.24, 2.45) is 0 Å². The molecule has 126 valence electrons. The van der Waals surface area contributed by atoms with Crippen LogP contribution in [-0.4, -0.2) is 24.9 Å². The van der Waals surface area contributed by atoms with Gasteiger partial charge in [0.1, 0.15) is 15.2 Å². The lowest BCUT2D eigenvalue weighted by Crippen LogP contribution is -2.27. The smallest absolute Gasteiger partial charge is 0.412 e. The molecule has 0 atom stereocenters. The highest BCUT2D eigenvalue weighted by atomic mass is 32.1. The van der Waals surface area contributed by atoms with Crippen molar-refractivity contribution in [3.8, 4) is 0 Å². The SMILES string of the molecule is CCOP(=O)(OCC)c1cc(N)c(NC(=O)OC(C)(C)C)s1. The number of hydrogen-bond acceptors (Lipinski definition) is 7. The minimum Gasteiger partial charge on any atom is -0.444 e. The van der Waals surface area contributed by atoms with Crippen LogP contribution in [0.3, 0.4) is 0 Å². The van der Waals surface area contributed by atoms with E-state index in [4.69, 9.17) is 19.5 Å². The number of ether oxygens (including phenoxy) is 1. The largest absolute Gasteiger partial charge is 0.444 e. The van der Waals surface area contributed by atoms with E-state index in [1.807, 2.05) is 0 Å². The molecule has 3 N–H and O–H groups in total. The Morgan fingerprint density at radius 3 is 2.32 bits per heavy atom. The second kappa shape index (κ2) is 7.46. The molecule has 0 saturated heterocycles. The maximum atomic E-state index is 12.7. The van der Waals surface area contributed by atoms with Gasteiger partial charge in [0, 0.05) is 0 Å². The van der Waals surface area contributed by atoms with E-state index in [0.29, 0.717) is 9.62 Å². The van der Waals surface area contributed by atoms with Crippen molar-refractivity contribution in [3.63, 3.8) is 0 Å². The Labute approximate surface area is 134 Å². The van der Waals surface area contributed by atoms with Gasteiger partial charge in [-0.2, -0.15) is 0 Å². The molecule has 1 heterocycles. The molecule has 9 heteroatoms. The molecule has 0 radical (unpaired) electrons. The average molecular weight is 350 g/mol. The number of hydrogen-bond donors (Lipinski definition) is 2. The van der Waals surface area contributed by atoms with E-state index < -0.39 is 19.3 Å². The lowest BCUT2D eigenvalue weighted by molar-refractivity contribution is 0.0636. The van der Waals surface area contributed by atoms with Gasteiger partial charge in [-0.05, 0) is 40.7 Å². The van der Waals surface area contributed by atoms with Gasteiger partial charge in [0.25, 0.3) is 0 Å². The second-order valence-electron chi connectivity index (χ2n) is 5.33. The summed E-state index contributed by atoms with van der Waals surface area (Å²) in [6.07, 6.45) is -0.629. The van der Waals surface area contributed by atoms with Gasteiger partial charge < -0.3 is 19.5 Å². The molecule has 22 heavy (non-hydrogen) atoms. The molecule has 7 nitrogen and oxygen atoms in total. The molecule has 0 aliphatic rings. The fourth-order valence-electron chi connectivity index (χ4n) is 1.52. The van der Waals surface area contributed by atoms with Crippen LogP contribution in [0.25, 0.3) is 0 Å². The third-order valence-electron chi connectivity index (χ3n) is 2.23. The summed E-state index contributed by atoms with van der Waals surface area (Å²) in [5.74, 6) is 0. The summed E-state index contributed by atoms with van der Waals surface area (Å²) >= 11 is 1.05. The molecular formula is C13H23N2O5PS. The first-order valence-corrected chi connectivity index (χ1v) is 9.26. The lowest BCUT2D eigenvalue weighted by atomic mass is 10.2. The van der Waals surface area contributed by atoms with Gasteiger partial charge in [-0.3, -0.25) is 9.88 Å². The quantitative estimate of drug-likeness (QED) is 0.761. The number of nitrogen functional groups attached to an aromatic ring is 1. The zero-order valence-electron chi connectivity index (χ0n) is 13.5. The van der Waals surface area contributed by atoms with E-state index in [2.05, 4.69) is 5.32 Å². The van der Waals surface area contributed by atoms with E-state index in [1.165, 1.54) is 6.07 Å². The second-order valence-corrected chi connectivity index (χ2v) is 8.68. The van der Waals surface area contributed by atoms with Gasteiger partial charge in [0.15, 0.2) is 0 Å². The van der Waals surface area contributed by atoms with Crippen LogP contribution in [-0.2, 0) is 18.3 Å².